The van der Waals surface area contributed by atoms with Gasteiger partial charge in [-0.1, -0.05) is 11.6 Å². The molecule has 2 heterocycles. The molecule has 0 bridgehead atoms. The number of ether oxygens (including phenoxy) is 1. The van der Waals surface area contributed by atoms with E-state index >= 15 is 0 Å². The van der Waals surface area contributed by atoms with Gasteiger partial charge in [0.05, 0.1) is 0 Å². The lowest BCUT2D eigenvalue weighted by Crippen LogP contribution is -2.38. The first-order valence-electron chi connectivity index (χ1n) is 7.18. The number of carbonyl (C=O) groups excluding carboxylic acids is 1. The zero-order valence-electron chi connectivity index (χ0n) is 12.2. The van der Waals surface area contributed by atoms with E-state index in [9.17, 15) is 4.79 Å². The van der Waals surface area contributed by atoms with Gasteiger partial charge in [0.25, 0.3) is 5.91 Å². The Labute approximate surface area is 130 Å². The maximum Gasteiger partial charge on any atom is 0.276 e. The van der Waals surface area contributed by atoms with Crippen LogP contribution in [0.2, 0.25) is 0 Å². The van der Waals surface area contributed by atoms with Crippen molar-refractivity contribution in [1.29, 1.82) is 0 Å². The molecule has 3 unspecified atom stereocenters. The predicted octanol–water partition coefficient (Wildman–Crippen LogP) is 1.44. The molecule has 2 aliphatic rings. The van der Waals surface area contributed by atoms with Crippen molar-refractivity contribution >= 4 is 18.3 Å². The van der Waals surface area contributed by atoms with E-state index in [4.69, 9.17) is 15.0 Å². The second-order valence-electron chi connectivity index (χ2n) is 5.84. The maximum absolute atomic E-state index is 12.4. The average Bonchev–Trinajstić information content (AvgIpc) is 3.05. The summed E-state index contributed by atoms with van der Waals surface area (Å²) in [5, 5.41) is 3.84. The van der Waals surface area contributed by atoms with Crippen molar-refractivity contribution in [3.8, 4) is 0 Å². The van der Waals surface area contributed by atoms with Crippen LogP contribution < -0.4 is 5.73 Å². The molecule has 2 fully saturated rings. The van der Waals surface area contributed by atoms with E-state index < -0.39 is 0 Å². The molecule has 6 nitrogen and oxygen atoms in total. The number of halogens is 1. The molecule has 1 saturated carbocycles. The standard InChI is InChI=1S/C14H21N3O3.ClH/c1-19-8-10-5-13(16-20-10)14(18)17-6-9-3-2-4-12(15)11(9)7-17;/h5,9,11-12H,2-4,6-8,15H2,1H3;1H. The monoisotopic (exact) mass is 315 g/mol. The van der Waals surface area contributed by atoms with Crippen LogP contribution in [-0.4, -0.2) is 42.2 Å². The number of aromatic nitrogens is 1. The third-order valence-corrected chi connectivity index (χ3v) is 4.51. The van der Waals surface area contributed by atoms with Crippen LogP contribution in [0, 0.1) is 11.8 Å². The summed E-state index contributed by atoms with van der Waals surface area (Å²) in [6.07, 6.45) is 3.42. The van der Waals surface area contributed by atoms with Crippen LogP contribution in [0.3, 0.4) is 0 Å². The van der Waals surface area contributed by atoms with Gasteiger partial charge in [-0.05, 0) is 24.7 Å². The van der Waals surface area contributed by atoms with Crippen molar-refractivity contribution in [3.05, 3.63) is 17.5 Å². The molecule has 1 aliphatic heterocycles. The van der Waals surface area contributed by atoms with E-state index in [1.54, 1.807) is 13.2 Å². The van der Waals surface area contributed by atoms with E-state index in [1.165, 1.54) is 12.8 Å². The highest BCUT2D eigenvalue weighted by atomic mass is 35.5. The Balaban J connectivity index is 0.00000161. The molecule has 1 aromatic rings. The lowest BCUT2D eigenvalue weighted by atomic mass is 9.78. The number of rotatable bonds is 3. The molecule has 118 valence electrons. The van der Waals surface area contributed by atoms with Gasteiger partial charge >= 0.3 is 0 Å². The molecule has 0 aromatic carbocycles. The Morgan fingerprint density at radius 1 is 1.52 bits per heavy atom. The average molecular weight is 316 g/mol. The fraction of sp³-hybridized carbons (Fsp3) is 0.714. The Hall–Kier alpha value is -1.11. The second-order valence-corrected chi connectivity index (χ2v) is 5.84. The zero-order valence-corrected chi connectivity index (χ0v) is 13.0. The molecule has 0 spiro atoms. The Morgan fingerprint density at radius 2 is 2.33 bits per heavy atom. The molecule has 3 atom stereocenters. The molecule has 7 heteroatoms. The molecule has 1 aliphatic carbocycles. The third kappa shape index (κ3) is 3.22. The van der Waals surface area contributed by atoms with E-state index in [2.05, 4.69) is 5.16 Å². The molecular formula is C14H22ClN3O3. The van der Waals surface area contributed by atoms with Gasteiger partial charge in [0.2, 0.25) is 0 Å². The summed E-state index contributed by atoms with van der Waals surface area (Å²) in [4.78, 5) is 14.3. The normalized spacial score (nSPS) is 28.1. The van der Waals surface area contributed by atoms with Crippen LogP contribution in [-0.2, 0) is 11.3 Å². The van der Waals surface area contributed by atoms with Crippen molar-refractivity contribution in [2.24, 2.45) is 17.6 Å². The quantitative estimate of drug-likeness (QED) is 0.912. The van der Waals surface area contributed by atoms with Crippen LogP contribution in [0.25, 0.3) is 0 Å². The van der Waals surface area contributed by atoms with Gasteiger partial charge in [-0.25, -0.2) is 0 Å². The fourth-order valence-electron chi connectivity index (χ4n) is 3.47. The van der Waals surface area contributed by atoms with Gasteiger partial charge in [-0.15, -0.1) is 12.4 Å². The van der Waals surface area contributed by atoms with Crippen LogP contribution in [0.15, 0.2) is 10.6 Å². The number of fused-ring (bicyclic) bond motifs is 1. The van der Waals surface area contributed by atoms with Crippen LogP contribution in [0.4, 0.5) is 0 Å². The van der Waals surface area contributed by atoms with E-state index in [0.717, 1.165) is 19.5 Å². The van der Waals surface area contributed by atoms with Crippen LogP contribution in [0.5, 0.6) is 0 Å². The van der Waals surface area contributed by atoms with Crippen molar-refractivity contribution in [2.75, 3.05) is 20.2 Å². The van der Waals surface area contributed by atoms with Crippen molar-refractivity contribution in [2.45, 2.75) is 31.9 Å². The summed E-state index contributed by atoms with van der Waals surface area (Å²) >= 11 is 0. The molecule has 1 saturated heterocycles. The van der Waals surface area contributed by atoms with Crippen molar-refractivity contribution in [1.82, 2.24) is 10.1 Å². The smallest absolute Gasteiger partial charge is 0.276 e. The Morgan fingerprint density at radius 3 is 3.05 bits per heavy atom. The molecule has 21 heavy (non-hydrogen) atoms. The first-order valence-corrected chi connectivity index (χ1v) is 7.18. The molecule has 0 radical (unpaired) electrons. The highest BCUT2D eigenvalue weighted by Gasteiger charge is 2.41. The highest BCUT2D eigenvalue weighted by Crippen LogP contribution is 2.35. The number of hydrogen-bond acceptors (Lipinski definition) is 5. The van der Waals surface area contributed by atoms with Crippen molar-refractivity contribution in [3.63, 3.8) is 0 Å². The predicted molar refractivity (Wildman–Crippen MR) is 79.2 cm³/mol. The van der Waals surface area contributed by atoms with Gasteiger partial charge in [-0.2, -0.15) is 0 Å². The van der Waals surface area contributed by atoms with Gasteiger partial charge in [-0.3, -0.25) is 4.79 Å². The molecule has 1 amide bonds. The lowest BCUT2D eigenvalue weighted by molar-refractivity contribution is 0.0772. The van der Waals surface area contributed by atoms with Gasteiger partial charge in [0, 0.05) is 32.3 Å². The van der Waals surface area contributed by atoms with Gasteiger partial charge < -0.3 is 19.9 Å². The summed E-state index contributed by atoms with van der Waals surface area (Å²) in [5.74, 6) is 1.51. The topological polar surface area (TPSA) is 81.6 Å². The molecule has 1 aromatic heterocycles. The maximum atomic E-state index is 12.4. The minimum atomic E-state index is -0.0577. The van der Waals surface area contributed by atoms with Crippen LogP contribution in [0.1, 0.15) is 35.5 Å². The summed E-state index contributed by atoms with van der Waals surface area (Å²) in [7, 11) is 1.58. The number of amides is 1. The lowest BCUT2D eigenvalue weighted by Gasteiger charge is -2.29. The Kier molecular flexibility index (Phi) is 5.24. The third-order valence-electron chi connectivity index (χ3n) is 4.51. The van der Waals surface area contributed by atoms with E-state index in [-0.39, 0.29) is 24.4 Å². The Bertz CT molecular complexity index is 494. The number of hydrogen-bond donors (Lipinski definition) is 1. The molecule has 3 rings (SSSR count). The van der Waals surface area contributed by atoms with E-state index in [0.29, 0.717) is 29.9 Å². The van der Waals surface area contributed by atoms with Crippen LogP contribution >= 0.6 is 12.4 Å². The summed E-state index contributed by atoms with van der Waals surface area (Å²) in [6, 6.07) is 1.89. The van der Waals surface area contributed by atoms with Gasteiger partial charge in [0.1, 0.15) is 6.61 Å². The SMILES string of the molecule is COCc1cc(C(=O)N2CC3CCCC(N)C3C2)no1.Cl. The number of carbonyl (C=O) groups is 1. The minimum Gasteiger partial charge on any atom is -0.377 e. The van der Waals surface area contributed by atoms with E-state index in [1.807, 2.05) is 4.90 Å². The minimum absolute atomic E-state index is 0. The first-order chi connectivity index (χ1) is 9.69. The highest BCUT2D eigenvalue weighted by molar-refractivity contribution is 5.92. The summed E-state index contributed by atoms with van der Waals surface area (Å²) < 4.78 is 10.0. The van der Waals surface area contributed by atoms with Gasteiger partial charge in [0.15, 0.2) is 11.5 Å². The summed E-state index contributed by atoms with van der Waals surface area (Å²) in [6.45, 7) is 1.87. The number of nitrogens with two attached hydrogens (primary N) is 1. The number of methoxy groups -OCH3 is 1. The molecule has 2 N–H and O–H groups in total. The second kappa shape index (κ2) is 6.77. The number of likely N-dealkylation sites (tertiary alicyclic amines) is 1. The molecular weight excluding hydrogens is 294 g/mol. The van der Waals surface area contributed by atoms with Crippen molar-refractivity contribution < 1.29 is 14.1 Å². The fourth-order valence-corrected chi connectivity index (χ4v) is 3.47. The number of nitrogens with zero attached hydrogens (tertiary/aromatic N) is 2. The largest absolute Gasteiger partial charge is 0.377 e. The summed E-state index contributed by atoms with van der Waals surface area (Å²) in [5.41, 5.74) is 6.54. The first kappa shape index (κ1) is 16.3. The zero-order chi connectivity index (χ0) is 14.1.